The van der Waals surface area contributed by atoms with Crippen LogP contribution in [0.15, 0.2) is 85.1 Å². The molecule has 2 fully saturated rings. The highest BCUT2D eigenvalue weighted by atomic mass is 28.3. The molecule has 0 aromatic heterocycles. The van der Waals surface area contributed by atoms with E-state index in [-0.39, 0.29) is 31.8 Å². The Bertz CT molecular complexity index is 1940. The van der Waals surface area contributed by atoms with Crippen LogP contribution >= 0.6 is 0 Å². The summed E-state index contributed by atoms with van der Waals surface area (Å²) in [7, 11) is -1.56. The molecule has 12 N–H and O–H groups in total. The molecule has 420 valence electrons. The van der Waals surface area contributed by atoms with Gasteiger partial charge in [-0.2, -0.15) is 0 Å². The minimum atomic E-state index is -2.38. The van der Waals surface area contributed by atoms with Gasteiger partial charge in [0.1, 0.15) is 24.2 Å². The zero-order valence-corrected chi connectivity index (χ0v) is 44.7. The number of esters is 1. The van der Waals surface area contributed by atoms with Crippen molar-refractivity contribution in [2.75, 3.05) is 6.61 Å². The lowest BCUT2D eigenvalue weighted by molar-refractivity contribution is -0.309. The molecule has 74 heavy (non-hydrogen) atoms. The molecule has 2 saturated heterocycles. The number of alkyl carbamates (subject to hydrolysis) is 1. The van der Waals surface area contributed by atoms with Gasteiger partial charge in [-0.15, -0.1) is 0 Å². The van der Waals surface area contributed by atoms with Gasteiger partial charge in [0.15, 0.2) is 12.1 Å². The molecule has 2 bridgehead atoms. The molecule has 19 unspecified atom stereocenters. The molecule has 3 rings (SSSR count). The number of aliphatic carboxylic acids is 1. The van der Waals surface area contributed by atoms with E-state index >= 15 is 0 Å². The highest BCUT2D eigenvalue weighted by Gasteiger charge is 2.51. The fraction of sp³-hybridized carbons (Fsp3) is 0.679. The van der Waals surface area contributed by atoms with E-state index in [0.29, 0.717) is 6.04 Å². The summed E-state index contributed by atoms with van der Waals surface area (Å²) < 4.78 is 28.9. The van der Waals surface area contributed by atoms with Crippen LogP contribution < -0.4 is 5.32 Å². The van der Waals surface area contributed by atoms with E-state index in [1.54, 1.807) is 86.8 Å². The number of carboxylic acid groups (broad SMARTS) is 1. The summed E-state index contributed by atoms with van der Waals surface area (Å²) in [5.41, 5.74) is 0. The van der Waals surface area contributed by atoms with Crippen molar-refractivity contribution in [2.24, 2.45) is 17.8 Å². The zero-order chi connectivity index (χ0) is 55.3. The predicted octanol–water partition coefficient (Wildman–Crippen LogP) is 2.82. The van der Waals surface area contributed by atoms with Gasteiger partial charge in [0, 0.05) is 45.6 Å². The zero-order valence-electron chi connectivity index (χ0n) is 43.7. The number of rotatable bonds is 7. The van der Waals surface area contributed by atoms with E-state index in [2.05, 4.69) is 25.0 Å². The van der Waals surface area contributed by atoms with Crippen molar-refractivity contribution in [3.8, 4) is 0 Å². The second-order valence-electron chi connectivity index (χ2n) is 21.1. The topological polar surface area (TPSA) is 332 Å². The van der Waals surface area contributed by atoms with E-state index in [4.69, 9.17) is 23.7 Å². The molecular formula is C53H85NO19Si. The van der Waals surface area contributed by atoms with E-state index in [0.717, 1.165) is 0 Å². The lowest BCUT2D eigenvalue weighted by Gasteiger charge is -2.45. The first kappa shape index (κ1) is 64.4. The lowest BCUT2D eigenvalue weighted by atomic mass is 9.82. The Morgan fingerprint density at radius 1 is 0.689 bits per heavy atom. The van der Waals surface area contributed by atoms with E-state index in [1.165, 1.54) is 13.0 Å². The number of aliphatic hydroxyl groups excluding tert-OH is 9. The Labute approximate surface area is 436 Å². The Morgan fingerprint density at radius 2 is 1.27 bits per heavy atom. The number of cyclic esters (lactones) is 1. The van der Waals surface area contributed by atoms with Crippen molar-refractivity contribution >= 4 is 26.1 Å². The molecule has 0 aromatic carbocycles. The monoisotopic (exact) mass is 1070 g/mol. The molecule has 20 nitrogen and oxygen atoms in total. The van der Waals surface area contributed by atoms with Crippen molar-refractivity contribution in [1.29, 1.82) is 0 Å². The third kappa shape index (κ3) is 22.7. The Hall–Kier alpha value is -3.91. The van der Waals surface area contributed by atoms with Crippen molar-refractivity contribution in [3.63, 3.8) is 0 Å². The average molecular weight is 1070 g/mol. The average Bonchev–Trinajstić information content (AvgIpc) is 3.29. The van der Waals surface area contributed by atoms with Crippen LogP contribution in [-0.2, 0) is 33.3 Å². The van der Waals surface area contributed by atoms with Gasteiger partial charge in [-0.25, -0.2) is 4.79 Å². The molecule has 3 heterocycles. The predicted molar refractivity (Wildman–Crippen MR) is 275 cm³/mol. The first-order valence-electron chi connectivity index (χ1n) is 25.6. The van der Waals surface area contributed by atoms with E-state index in [9.17, 15) is 70.6 Å². The van der Waals surface area contributed by atoms with Crippen molar-refractivity contribution < 1.29 is 94.2 Å². The van der Waals surface area contributed by atoms with Gasteiger partial charge in [0.05, 0.1) is 80.1 Å². The lowest BCUT2D eigenvalue weighted by Crippen LogP contribution is -2.64. The number of ether oxygens (including phenoxy) is 5. The molecule has 3 aliphatic rings. The molecular weight excluding hydrogens is 983 g/mol. The van der Waals surface area contributed by atoms with Crippen molar-refractivity contribution in [1.82, 2.24) is 5.32 Å². The standard InChI is InChI=1S/C53H85NO19Si/c1-32-20-18-16-14-12-10-8-9-11-13-15-17-19-21-39(72-51-49(64)46(48(63)35(4)71-51)54-52(67)69-24-25-74(5,6)7)29-43-45(50(65)66)42(60)31-53(68,73-43)30-38(57)27-41(59)40(58)23-22-36(55)26-37(56)28-44(61)70-34(3)33(2)47(32)62/h8-21,32-43,45-49,51,55-60,62-64,68H,22-31H2,1-7H3,(H,54,67)(H,65,66)/b9-8+,12-10+,13-11+,16-14+,17-15+,20-18+,21-19+. The van der Waals surface area contributed by atoms with E-state index in [1.807, 2.05) is 13.0 Å². The number of carboxylic acids is 1. The van der Waals surface area contributed by atoms with Crippen molar-refractivity contribution in [3.05, 3.63) is 85.1 Å². The third-order valence-electron chi connectivity index (χ3n) is 13.3. The Morgan fingerprint density at radius 3 is 1.85 bits per heavy atom. The number of aliphatic hydroxyl groups is 10. The maximum absolute atomic E-state index is 12.8. The number of fused-ring (bicyclic) bond motifs is 2. The summed E-state index contributed by atoms with van der Waals surface area (Å²) in [6.07, 6.45) is 1.13. The number of carbonyl (C=O) groups is 3. The summed E-state index contributed by atoms with van der Waals surface area (Å²) in [4.78, 5) is 38.1. The third-order valence-corrected chi connectivity index (χ3v) is 15.0. The van der Waals surface area contributed by atoms with Gasteiger partial charge in [-0.3, -0.25) is 9.59 Å². The number of allylic oxidation sites excluding steroid dienone is 12. The highest BCUT2D eigenvalue weighted by Crippen LogP contribution is 2.38. The molecule has 0 radical (unpaired) electrons. The fourth-order valence-electron chi connectivity index (χ4n) is 8.73. The maximum atomic E-state index is 12.8. The van der Waals surface area contributed by atoms with Crippen LogP contribution in [0.2, 0.25) is 25.7 Å². The molecule has 21 heteroatoms. The number of nitrogens with one attached hydrogen (secondary N) is 1. The number of hydrogen-bond acceptors (Lipinski definition) is 18. The second kappa shape index (κ2) is 31.3. The van der Waals surface area contributed by atoms with Crippen molar-refractivity contribution in [2.45, 2.75) is 202 Å². The van der Waals surface area contributed by atoms with Crippen LogP contribution in [0, 0.1) is 17.8 Å². The molecule has 0 spiro atoms. The molecule has 0 saturated carbocycles. The minimum absolute atomic E-state index is 0.124. The summed E-state index contributed by atoms with van der Waals surface area (Å²) >= 11 is 0. The summed E-state index contributed by atoms with van der Waals surface area (Å²) in [6, 6.07) is -0.656. The van der Waals surface area contributed by atoms with Crippen LogP contribution in [0.4, 0.5) is 4.79 Å². The van der Waals surface area contributed by atoms with Gasteiger partial charge < -0.3 is 85.2 Å². The van der Waals surface area contributed by atoms with Crippen LogP contribution in [0.25, 0.3) is 0 Å². The van der Waals surface area contributed by atoms with Crippen LogP contribution in [0.1, 0.15) is 79.1 Å². The summed E-state index contributed by atoms with van der Waals surface area (Å²) in [5, 5.41) is 123. The second-order valence-corrected chi connectivity index (χ2v) is 26.7. The van der Waals surface area contributed by atoms with E-state index < -0.39 is 168 Å². The first-order valence-corrected chi connectivity index (χ1v) is 29.3. The number of amides is 1. The van der Waals surface area contributed by atoms with Crippen LogP contribution in [-0.4, -0.2) is 186 Å². The summed E-state index contributed by atoms with van der Waals surface area (Å²) in [6.45, 7) is 13.1. The van der Waals surface area contributed by atoms with Crippen LogP contribution in [0.3, 0.4) is 0 Å². The fourth-order valence-corrected chi connectivity index (χ4v) is 9.45. The van der Waals surface area contributed by atoms with Crippen LogP contribution in [0.5, 0.6) is 0 Å². The smallest absolute Gasteiger partial charge is 0.407 e. The molecule has 1 amide bonds. The largest absolute Gasteiger partial charge is 0.481 e. The SMILES string of the molecule is CC1/C=C/C=C/C=C/C=C/C=C/C=C/C=C/C(OC2OC(C)C(O)C(NC(=O)OCC[Si](C)(C)C)C2O)CC2OC(O)(CC(O)CC(O)C(O)CCC(O)CC(O)CC(=O)OC(C)C(C)C1O)CC(O)C2C(=O)O. The molecule has 3 aliphatic heterocycles. The first-order chi connectivity index (χ1) is 34.7. The molecule has 19 atom stereocenters. The normalized spacial score (nSPS) is 41.5. The number of hydrogen-bond donors (Lipinski definition) is 12. The van der Waals surface area contributed by atoms with Gasteiger partial charge in [0.25, 0.3) is 0 Å². The molecule has 0 aliphatic carbocycles. The summed E-state index contributed by atoms with van der Waals surface area (Å²) in [5.74, 6) is -7.01. The van der Waals surface area contributed by atoms with Gasteiger partial charge >= 0.3 is 18.0 Å². The maximum Gasteiger partial charge on any atom is 0.407 e. The number of carbonyl (C=O) groups excluding carboxylic acids is 2. The van der Waals surface area contributed by atoms with Gasteiger partial charge in [-0.1, -0.05) is 119 Å². The van der Waals surface area contributed by atoms with Gasteiger partial charge in [-0.05, 0) is 39.2 Å². The quantitative estimate of drug-likeness (QED) is 0.129. The Kier molecular flexibility index (Phi) is 27.3. The minimum Gasteiger partial charge on any atom is -0.481 e. The highest BCUT2D eigenvalue weighted by molar-refractivity contribution is 6.76. The Balaban J connectivity index is 1.91. The van der Waals surface area contributed by atoms with Gasteiger partial charge in [0.2, 0.25) is 0 Å². The molecule has 0 aromatic rings.